The first-order valence-corrected chi connectivity index (χ1v) is 10.1. The van der Waals surface area contributed by atoms with E-state index >= 15 is 0 Å². The van der Waals surface area contributed by atoms with E-state index in [2.05, 4.69) is 21.3 Å². The molecule has 0 aliphatic carbocycles. The predicted octanol–water partition coefficient (Wildman–Crippen LogP) is 3.77. The van der Waals surface area contributed by atoms with Gasteiger partial charge < -0.3 is 9.88 Å². The summed E-state index contributed by atoms with van der Waals surface area (Å²) in [7, 11) is 0. The number of amides is 1. The van der Waals surface area contributed by atoms with E-state index in [9.17, 15) is 9.18 Å². The van der Waals surface area contributed by atoms with E-state index in [1.54, 1.807) is 18.3 Å². The summed E-state index contributed by atoms with van der Waals surface area (Å²) < 4.78 is 13.1. The number of aromatic amines is 1. The molecule has 5 rings (SSSR count). The molecule has 27 heavy (non-hydrogen) atoms. The zero-order valence-corrected chi connectivity index (χ0v) is 15.6. The first-order valence-electron chi connectivity index (χ1n) is 9.20. The van der Waals surface area contributed by atoms with Crippen LogP contribution in [-0.4, -0.2) is 46.4 Å². The molecule has 2 aliphatic rings. The monoisotopic (exact) mass is 381 g/mol. The van der Waals surface area contributed by atoms with Crippen LogP contribution in [-0.2, 0) is 13.0 Å². The normalized spacial score (nSPS) is 17.6. The van der Waals surface area contributed by atoms with E-state index in [1.165, 1.54) is 22.6 Å². The lowest BCUT2D eigenvalue weighted by molar-refractivity contribution is 0.0217. The lowest BCUT2D eigenvalue weighted by Gasteiger charge is -2.46. The molecule has 4 nitrogen and oxygen atoms in total. The lowest BCUT2D eigenvalue weighted by atomic mass is 10.0. The van der Waals surface area contributed by atoms with E-state index in [0.717, 1.165) is 43.7 Å². The van der Waals surface area contributed by atoms with Crippen LogP contribution in [0.3, 0.4) is 0 Å². The Morgan fingerprint density at radius 3 is 2.78 bits per heavy atom. The maximum atomic E-state index is 13.1. The zero-order valence-electron chi connectivity index (χ0n) is 14.8. The van der Waals surface area contributed by atoms with Gasteiger partial charge in [0.15, 0.2) is 0 Å². The van der Waals surface area contributed by atoms with Crippen LogP contribution in [0.5, 0.6) is 0 Å². The molecule has 0 radical (unpaired) electrons. The van der Waals surface area contributed by atoms with Crippen molar-refractivity contribution >= 4 is 17.2 Å². The summed E-state index contributed by atoms with van der Waals surface area (Å²) in [6, 6.07) is 10.8. The highest BCUT2D eigenvalue weighted by Gasteiger charge is 2.36. The van der Waals surface area contributed by atoms with Gasteiger partial charge in [-0.25, -0.2) is 4.39 Å². The van der Waals surface area contributed by atoms with Crippen molar-refractivity contribution in [3.05, 3.63) is 69.9 Å². The second kappa shape index (κ2) is 6.62. The number of fused-ring (bicyclic) bond motifs is 1. The van der Waals surface area contributed by atoms with Crippen LogP contribution in [0.1, 0.15) is 20.9 Å². The first kappa shape index (κ1) is 16.7. The zero-order chi connectivity index (χ0) is 18.4. The standard InChI is InChI=1S/C21H20FN3OS/c22-17-3-1-14(2-4-17)16-9-19(23-10-16)21(26)25-12-18(13-25)24-7-5-20-15(11-24)6-8-27-20/h1-4,6,8-10,18,23H,5,7,11-13H2. The van der Waals surface area contributed by atoms with Crippen LogP contribution in [0.15, 0.2) is 48.0 Å². The van der Waals surface area contributed by atoms with Gasteiger partial charge in [0.05, 0.1) is 0 Å². The van der Waals surface area contributed by atoms with Gasteiger partial charge in [-0.15, -0.1) is 11.3 Å². The molecule has 3 aromatic rings. The number of hydrogen-bond donors (Lipinski definition) is 1. The molecule has 0 spiro atoms. The minimum absolute atomic E-state index is 0.0350. The molecule has 2 aliphatic heterocycles. The van der Waals surface area contributed by atoms with Crippen LogP contribution in [0.25, 0.3) is 11.1 Å². The topological polar surface area (TPSA) is 39.3 Å². The minimum Gasteiger partial charge on any atom is -0.357 e. The van der Waals surface area contributed by atoms with E-state index in [-0.39, 0.29) is 11.7 Å². The van der Waals surface area contributed by atoms with Gasteiger partial charge in [-0.3, -0.25) is 9.69 Å². The van der Waals surface area contributed by atoms with Crippen LogP contribution in [0, 0.1) is 5.82 Å². The molecule has 0 bridgehead atoms. The summed E-state index contributed by atoms with van der Waals surface area (Å²) in [6.07, 6.45) is 2.93. The van der Waals surface area contributed by atoms with Crippen molar-refractivity contribution in [2.24, 2.45) is 0 Å². The molecule has 6 heteroatoms. The molecule has 1 saturated heterocycles. The average Bonchev–Trinajstić information content (AvgIpc) is 3.30. The number of carbonyl (C=O) groups excluding carboxylic acids is 1. The van der Waals surface area contributed by atoms with Crippen molar-refractivity contribution in [1.82, 2.24) is 14.8 Å². The van der Waals surface area contributed by atoms with Gasteiger partial charge in [0, 0.05) is 43.3 Å². The largest absolute Gasteiger partial charge is 0.357 e. The van der Waals surface area contributed by atoms with Crippen molar-refractivity contribution in [2.45, 2.75) is 19.0 Å². The predicted molar refractivity (Wildman–Crippen MR) is 104 cm³/mol. The number of likely N-dealkylation sites (tertiary alicyclic amines) is 1. The van der Waals surface area contributed by atoms with Crippen LogP contribution >= 0.6 is 11.3 Å². The van der Waals surface area contributed by atoms with Crippen LogP contribution in [0.2, 0.25) is 0 Å². The molecule has 0 atom stereocenters. The summed E-state index contributed by atoms with van der Waals surface area (Å²) in [6.45, 7) is 3.65. The van der Waals surface area contributed by atoms with Gasteiger partial charge in [-0.2, -0.15) is 0 Å². The van der Waals surface area contributed by atoms with E-state index in [4.69, 9.17) is 0 Å². The second-order valence-corrected chi connectivity index (χ2v) is 8.26. The van der Waals surface area contributed by atoms with Crippen molar-refractivity contribution in [2.75, 3.05) is 19.6 Å². The number of nitrogens with zero attached hydrogens (tertiary/aromatic N) is 2. The van der Waals surface area contributed by atoms with E-state index < -0.39 is 0 Å². The van der Waals surface area contributed by atoms with Gasteiger partial charge in [-0.1, -0.05) is 12.1 Å². The summed E-state index contributed by atoms with van der Waals surface area (Å²) in [5.41, 5.74) is 3.83. The first-order chi connectivity index (χ1) is 13.2. The smallest absolute Gasteiger partial charge is 0.270 e. The molecule has 1 N–H and O–H groups in total. The number of hydrogen-bond acceptors (Lipinski definition) is 3. The molecule has 2 aromatic heterocycles. The maximum Gasteiger partial charge on any atom is 0.270 e. The summed E-state index contributed by atoms with van der Waals surface area (Å²) in [5.74, 6) is -0.225. The Kier molecular flexibility index (Phi) is 4.10. The second-order valence-electron chi connectivity index (χ2n) is 7.26. The number of carbonyl (C=O) groups is 1. The van der Waals surface area contributed by atoms with E-state index in [1.807, 2.05) is 22.3 Å². The molecule has 1 fully saturated rings. The SMILES string of the molecule is O=C(c1cc(-c2ccc(F)cc2)c[nH]1)N1CC(N2CCc3sccc3C2)C1. The number of thiophene rings is 1. The van der Waals surface area contributed by atoms with Gasteiger partial charge in [0.1, 0.15) is 11.5 Å². The third kappa shape index (κ3) is 3.09. The van der Waals surface area contributed by atoms with Gasteiger partial charge in [0.2, 0.25) is 0 Å². The fraction of sp³-hybridized carbons (Fsp3) is 0.286. The van der Waals surface area contributed by atoms with Crippen molar-refractivity contribution in [3.63, 3.8) is 0 Å². The Hall–Kier alpha value is -2.44. The molecule has 4 heterocycles. The Morgan fingerprint density at radius 1 is 1.15 bits per heavy atom. The highest BCUT2D eigenvalue weighted by Crippen LogP contribution is 2.28. The molecule has 1 amide bonds. The number of H-pyrrole nitrogens is 1. The molecule has 0 unspecified atom stereocenters. The molecule has 0 saturated carbocycles. The number of nitrogens with one attached hydrogen (secondary N) is 1. The molecule has 1 aromatic carbocycles. The van der Waals surface area contributed by atoms with Crippen molar-refractivity contribution in [3.8, 4) is 11.1 Å². The number of aromatic nitrogens is 1. The average molecular weight is 381 g/mol. The highest BCUT2D eigenvalue weighted by atomic mass is 32.1. The highest BCUT2D eigenvalue weighted by molar-refractivity contribution is 7.10. The summed E-state index contributed by atoms with van der Waals surface area (Å²) in [5, 5.41) is 2.18. The van der Waals surface area contributed by atoms with E-state index in [0.29, 0.717) is 11.7 Å². The minimum atomic E-state index is -0.260. The van der Waals surface area contributed by atoms with Gasteiger partial charge >= 0.3 is 0 Å². The fourth-order valence-corrected chi connectivity index (χ4v) is 4.82. The Labute approximate surface area is 161 Å². The Balaban J connectivity index is 1.21. The number of rotatable bonds is 3. The fourth-order valence-electron chi connectivity index (χ4n) is 3.93. The van der Waals surface area contributed by atoms with Crippen molar-refractivity contribution in [1.29, 1.82) is 0 Å². The molecular weight excluding hydrogens is 361 g/mol. The van der Waals surface area contributed by atoms with Crippen LogP contribution in [0.4, 0.5) is 4.39 Å². The van der Waals surface area contributed by atoms with Gasteiger partial charge in [-0.05, 0) is 52.8 Å². The number of benzene rings is 1. The quantitative estimate of drug-likeness (QED) is 0.750. The summed E-state index contributed by atoms with van der Waals surface area (Å²) in [4.78, 5) is 21.7. The van der Waals surface area contributed by atoms with Gasteiger partial charge in [0.25, 0.3) is 5.91 Å². The molecule has 138 valence electrons. The third-order valence-corrected chi connectivity index (χ3v) is 6.62. The lowest BCUT2D eigenvalue weighted by Crippen LogP contribution is -2.61. The summed E-state index contributed by atoms with van der Waals surface area (Å²) >= 11 is 1.85. The third-order valence-electron chi connectivity index (χ3n) is 5.59. The van der Waals surface area contributed by atoms with Crippen molar-refractivity contribution < 1.29 is 9.18 Å². The maximum absolute atomic E-state index is 13.1. The van der Waals surface area contributed by atoms with Crippen LogP contribution < -0.4 is 0 Å². The number of halogens is 1. The molecular formula is C21H20FN3OS. The Morgan fingerprint density at radius 2 is 1.96 bits per heavy atom. The Bertz CT molecular complexity index is 971.